The molecule has 1 amide bonds. The number of hydrogen-bond donors (Lipinski definition) is 1. The van der Waals surface area contributed by atoms with Gasteiger partial charge in [-0.15, -0.1) is 11.3 Å². The van der Waals surface area contributed by atoms with E-state index < -0.39 is 0 Å². The molecule has 0 atom stereocenters. The number of anilines is 1. The van der Waals surface area contributed by atoms with Crippen molar-refractivity contribution >= 4 is 34.5 Å². The van der Waals surface area contributed by atoms with E-state index in [-0.39, 0.29) is 5.91 Å². The van der Waals surface area contributed by atoms with Crippen molar-refractivity contribution in [3.8, 4) is 0 Å². The van der Waals surface area contributed by atoms with Crippen LogP contribution in [0.25, 0.3) is 0 Å². The number of nitrogens with one attached hydrogen (secondary N) is 1. The zero-order chi connectivity index (χ0) is 16.9. The molecule has 0 aliphatic carbocycles. The van der Waals surface area contributed by atoms with Crippen molar-refractivity contribution in [3.63, 3.8) is 0 Å². The Morgan fingerprint density at radius 3 is 2.33 bits per heavy atom. The lowest BCUT2D eigenvalue weighted by atomic mass is 10.1. The fraction of sp³-hybridized carbons (Fsp3) is 0.389. The summed E-state index contributed by atoms with van der Waals surface area (Å²) >= 11 is 7.16. The van der Waals surface area contributed by atoms with E-state index >= 15 is 0 Å². The highest BCUT2D eigenvalue weighted by Gasteiger charge is 2.15. The summed E-state index contributed by atoms with van der Waals surface area (Å²) in [5, 5.41) is 2.91. The van der Waals surface area contributed by atoms with Gasteiger partial charge in [0.1, 0.15) is 0 Å². The first-order valence-corrected chi connectivity index (χ1v) is 9.44. The van der Waals surface area contributed by atoms with Crippen LogP contribution in [0.4, 0.5) is 5.69 Å². The van der Waals surface area contributed by atoms with Crippen LogP contribution in [-0.4, -0.2) is 48.4 Å². The maximum atomic E-state index is 12.1. The number of rotatable bonds is 5. The number of piperazine rings is 1. The highest BCUT2D eigenvalue weighted by atomic mass is 35.5. The third-order valence-corrected chi connectivity index (χ3v) is 5.56. The number of likely N-dealkylation sites (N-methyl/N-ethyl adjacent to an activating group) is 1. The molecule has 2 aromatic rings. The number of benzene rings is 1. The lowest BCUT2D eigenvalue weighted by Gasteiger charge is -2.34. The Balaban J connectivity index is 1.53. The van der Waals surface area contributed by atoms with Crippen LogP contribution in [0.5, 0.6) is 0 Å². The molecular weight excluding hydrogens is 342 g/mol. The van der Waals surface area contributed by atoms with Gasteiger partial charge >= 0.3 is 0 Å². The molecule has 1 fully saturated rings. The standard InChI is InChI=1S/C18H22ClN3OS/c1-2-21-9-11-22(12-10-21)13-14-3-5-15(6-4-14)20-18(23)16-7-8-17(19)24-16/h3-8H,2,9-13H2,1H3,(H,20,23). The zero-order valence-corrected chi connectivity index (χ0v) is 15.4. The quantitative estimate of drug-likeness (QED) is 0.877. The van der Waals surface area contributed by atoms with Gasteiger partial charge in [-0.3, -0.25) is 9.69 Å². The molecule has 0 spiro atoms. The molecule has 0 radical (unpaired) electrons. The highest BCUT2D eigenvalue weighted by Crippen LogP contribution is 2.22. The molecule has 0 saturated carbocycles. The molecule has 128 valence electrons. The molecule has 1 aromatic heterocycles. The van der Waals surface area contributed by atoms with Crippen molar-refractivity contribution in [3.05, 3.63) is 51.2 Å². The van der Waals surface area contributed by atoms with Crippen LogP contribution in [0.1, 0.15) is 22.2 Å². The Bertz CT molecular complexity index is 678. The lowest BCUT2D eigenvalue weighted by molar-refractivity contribution is 0.103. The molecule has 1 aliphatic heterocycles. The molecule has 4 nitrogen and oxygen atoms in total. The molecule has 1 N–H and O–H groups in total. The number of thiophene rings is 1. The van der Waals surface area contributed by atoms with Gasteiger partial charge in [0.15, 0.2) is 0 Å². The molecule has 1 aromatic carbocycles. The third kappa shape index (κ3) is 4.57. The van der Waals surface area contributed by atoms with E-state index in [1.54, 1.807) is 12.1 Å². The number of halogens is 1. The summed E-state index contributed by atoms with van der Waals surface area (Å²) < 4.78 is 0.624. The van der Waals surface area contributed by atoms with Gasteiger partial charge in [-0.2, -0.15) is 0 Å². The number of hydrogen-bond acceptors (Lipinski definition) is 4. The maximum Gasteiger partial charge on any atom is 0.265 e. The molecule has 3 rings (SSSR count). The Labute approximate surface area is 152 Å². The van der Waals surface area contributed by atoms with Gasteiger partial charge < -0.3 is 10.2 Å². The Hall–Kier alpha value is -1.40. The van der Waals surface area contributed by atoms with Gasteiger partial charge in [-0.25, -0.2) is 0 Å². The normalized spacial score (nSPS) is 16.2. The fourth-order valence-corrected chi connectivity index (χ4v) is 3.78. The Morgan fingerprint density at radius 1 is 1.08 bits per heavy atom. The SMILES string of the molecule is CCN1CCN(Cc2ccc(NC(=O)c3ccc(Cl)s3)cc2)CC1. The topological polar surface area (TPSA) is 35.6 Å². The molecule has 0 bridgehead atoms. The van der Waals surface area contributed by atoms with E-state index in [9.17, 15) is 4.79 Å². The van der Waals surface area contributed by atoms with Gasteiger partial charge in [0.25, 0.3) is 5.91 Å². The van der Waals surface area contributed by atoms with Crippen LogP contribution in [0.2, 0.25) is 4.34 Å². The number of carbonyl (C=O) groups excluding carboxylic acids is 1. The first kappa shape index (κ1) is 17.4. The molecular formula is C18H22ClN3OS. The second-order valence-corrected chi connectivity index (χ2v) is 7.68. The maximum absolute atomic E-state index is 12.1. The van der Waals surface area contributed by atoms with Gasteiger partial charge in [-0.1, -0.05) is 30.7 Å². The van der Waals surface area contributed by atoms with E-state index in [0.717, 1.165) is 45.0 Å². The monoisotopic (exact) mass is 363 g/mol. The van der Waals surface area contributed by atoms with E-state index in [0.29, 0.717) is 9.21 Å². The zero-order valence-electron chi connectivity index (χ0n) is 13.8. The fourth-order valence-electron chi connectivity index (χ4n) is 2.84. The number of carbonyl (C=O) groups is 1. The van der Waals surface area contributed by atoms with E-state index in [4.69, 9.17) is 11.6 Å². The smallest absolute Gasteiger partial charge is 0.265 e. The van der Waals surface area contributed by atoms with Gasteiger partial charge in [0, 0.05) is 38.4 Å². The second-order valence-electron chi connectivity index (χ2n) is 5.97. The molecule has 0 unspecified atom stereocenters. The summed E-state index contributed by atoms with van der Waals surface area (Å²) in [7, 11) is 0. The number of nitrogens with zero attached hydrogens (tertiary/aromatic N) is 2. The number of amides is 1. The van der Waals surface area contributed by atoms with Crippen LogP contribution in [-0.2, 0) is 6.54 Å². The van der Waals surface area contributed by atoms with Crippen LogP contribution < -0.4 is 5.32 Å². The average Bonchev–Trinajstić information content (AvgIpc) is 3.04. The second kappa shape index (κ2) is 8.12. The van der Waals surface area contributed by atoms with Crippen LogP contribution in [0.3, 0.4) is 0 Å². The minimum atomic E-state index is -0.115. The first-order valence-electron chi connectivity index (χ1n) is 8.24. The minimum absolute atomic E-state index is 0.115. The molecule has 2 heterocycles. The summed E-state index contributed by atoms with van der Waals surface area (Å²) in [6, 6.07) is 11.6. The molecule has 1 saturated heterocycles. The largest absolute Gasteiger partial charge is 0.321 e. The Kier molecular flexibility index (Phi) is 5.89. The summed E-state index contributed by atoms with van der Waals surface area (Å²) in [6.07, 6.45) is 0. The van der Waals surface area contributed by atoms with Crippen LogP contribution in [0.15, 0.2) is 36.4 Å². The van der Waals surface area contributed by atoms with Crippen molar-refractivity contribution in [1.29, 1.82) is 0 Å². The van der Waals surface area contributed by atoms with E-state index in [1.807, 2.05) is 12.1 Å². The highest BCUT2D eigenvalue weighted by molar-refractivity contribution is 7.18. The molecule has 1 aliphatic rings. The lowest BCUT2D eigenvalue weighted by Crippen LogP contribution is -2.45. The summed E-state index contributed by atoms with van der Waals surface area (Å²) in [5.41, 5.74) is 2.08. The van der Waals surface area contributed by atoms with Crippen molar-refractivity contribution in [2.24, 2.45) is 0 Å². The van der Waals surface area contributed by atoms with E-state index in [1.165, 1.54) is 16.9 Å². The Morgan fingerprint density at radius 2 is 1.75 bits per heavy atom. The first-order chi connectivity index (χ1) is 11.6. The molecule has 24 heavy (non-hydrogen) atoms. The van der Waals surface area contributed by atoms with Gasteiger partial charge in [0.05, 0.1) is 9.21 Å². The van der Waals surface area contributed by atoms with Gasteiger partial charge in [0.2, 0.25) is 0 Å². The summed E-state index contributed by atoms with van der Waals surface area (Å²) in [6.45, 7) is 8.84. The van der Waals surface area contributed by atoms with Gasteiger partial charge in [-0.05, 0) is 36.4 Å². The van der Waals surface area contributed by atoms with Crippen molar-refractivity contribution in [2.75, 3.05) is 38.0 Å². The van der Waals surface area contributed by atoms with Crippen LogP contribution in [0, 0.1) is 0 Å². The van der Waals surface area contributed by atoms with Crippen molar-refractivity contribution < 1.29 is 4.79 Å². The summed E-state index contributed by atoms with van der Waals surface area (Å²) in [5.74, 6) is -0.115. The minimum Gasteiger partial charge on any atom is -0.321 e. The predicted molar refractivity (Wildman–Crippen MR) is 101 cm³/mol. The summed E-state index contributed by atoms with van der Waals surface area (Å²) in [4.78, 5) is 17.7. The van der Waals surface area contributed by atoms with Crippen molar-refractivity contribution in [1.82, 2.24) is 9.80 Å². The van der Waals surface area contributed by atoms with E-state index in [2.05, 4.69) is 34.2 Å². The average molecular weight is 364 g/mol. The third-order valence-electron chi connectivity index (χ3n) is 4.33. The van der Waals surface area contributed by atoms with Crippen LogP contribution >= 0.6 is 22.9 Å². The molecule has 6 heteroatoms. The van der Waals surface area contributed by atoms with Crippen molar-refractivity contribution in [2.45, 2.75) is 13.5 Å². The predicted octanol–water partition coefficient (Wildman–Crippen LogP) is 3.79.